The Hall–Kier alpha value is -2.04. The maximum absolute atomic E-state index is 12.2. The molecular formula is C17H23NO4. The van der Waals surface area contributed by atoms with Crippen LogP contribution in [0, 0.1) is 5.92 Å². The van der Waals surface area contributed by atoms with Crippen molar-refractivity contribution in [2.45, 2.75) is 32.6 Å². The molecule has 1 aliphatic heterocycles. The monoisotopic (exact) mass is 305 g/mol. The molecule has 5 heteroatoms. The van der Waals surface area contributed by atoms with Gasteiger partial charge >= 0.3 is 5.97 Å². The second-order valence-corrected chi connectivity index (χ2v) is 5.59. The lowest BCUT2D eigenvalue weighted by Gasteiger charge is -2.30. The summed E-state index contributed by atoms with van der Waals surface area (Å²) in [5, 5.41) is 9.07. The topological polar surface area (TPSA) is 66.8 Å². The van der Waals surface area contributed by atoms with E-state index in [4.69, 9.17) is 9.84 Å². The van der Waals surface area contributed by atoms with Crippen molar-refractivity contribution in [2.75, 3.05) is 19.7 Å². The summed E-state index contributed by atoms with van der Waals surface area (Å²) in [5.74, 6) is -0.343. The molecule has 0 aromatic heterocycles. The van der Waals surface area contributed by atoms with Gasteiger partial charge in [0.15, 0.2) is 0 Å². The van der Waals surface area contributed by atoms with Gasteiger partial charge < -0.3 is 14.7 Å². The maximum atomic E-state index is 12.2. The zero-order valence-electron chi connectivity index (χ0n) is 13.0. The lowest BCUT2D eigenvalue weighted by molar-refractivity contribution is -0.145. The summed E-state index contributed by atoms with van der Waals surface area (Å²) in [5.41, 5.74) is 1.09. The van der Waals surface area contributed by atoms with E-state index in [0.29, 0.717) is 39.0 Å². The average Bonchev–Trinajstić information content (AvgIpc) is 2.54. The van der Waals surface area contributed by atoms with Crippen LogP contribution in [0.3, 0.4) is 0 Å². The first kappa shape index (κ1) is 16.3. The fourth-order valence-electron chi connectivity index (χ4n) is 2.73. The molecule has 0 aliphatic carbocycles. The number of carbonyl (C=O) groups is 2. The van der Waals surface area contributed by atoms with Crippen molar-refractivity contribution in [2.24, 2.45) is 5.92 Å². The molecule has 0 saturated carbocycles. The van der Waals surface area contributed by atoms with E-state index in [1.807, 2.05) is 31.2 Å². The smallest absolute Gasteiger partial charge is 0.308 e. The predicted octanol–water partition coefficient (Wildman–Crippen LogP) is 2.34. The highest BCUT2D eigenvalue weighted by molar-refractivity contribution is 5.78. The van der Waals surface area contributed by atoms with Crippen LogP contribution in [-0.2, 0) is 16.0 Å². The number of amides is 1. The molecule has 1 atom stereocenters. The molecule has 22 heavy (non-hydrogen) atoms. The van der Waals surface area contributed by atoms with Gasteiger partial charge in [-0.2, -0.15) is 0 Å². The number of rotatable bonds is 6. The van der Waals surface area contributed by atoms with Gasteiger partial charge in [-0.15, -0.1) is 0 Å². The molecule has 1 N–H and O–H groups in total. The molecule has 1 aromatic rings. The molecule has 0 unspecified atom stereocenters. The first-order valence-corrected chi connectivity index (χ1v) is 7.82. The number of nitrogens with zero attached hydrogens (tertiary/aromatic N) is 1. The van der Waals surface area contributed by atoms with E-state index < -0.39 is 11.9 Å². The molecule has 1 saturated heterocycles. The van der Waals surface area contributed by atoms with Crippen LogP contribution in [0.15, 0.2) is 24.3 Å². The van der Waals surface area contributed by atoms with Gasteiger partial charge in [-0.1, -0.05) is 12.1 Å². The molecule has 0 radical (unpaired) electrons. The van der Waals surface area contributed by atoms with Crippen molar-refractivity contribution in [3.05, 3.63) is 29.8 Å². The van der Waals surface area contributed by atoms with Gasteiger partial charge in [-0.05, 0) is 43.9 Å². The average molecular weight is 305 g/mol. The van der Waals surface area contributed by atoms with Crippen LogP contribution < -0.4 is 4.74 Å². The van der Waals surface area contributed by atoms with Gasteiger partial charge in [-0.3, -0.25) is 9.59 Å². The van der Waals surface area contributed by atoms with Crippen molar-refractivity contribution in [3.63, 3.8) is 0 Å². The third-order valence-electron chi connectivity index (χ3n) is 3.99. The van der Waals surface area contributed by atoms with Crippen LogP contribution >= 0.6 is 0 Å². The number of hydrogen-bond acceptors (Lipinski definition) is 3. The van der Waals surface area contributed by atoms with Crippen LogP contribution in [0.5, 0.6) is 5.75 Å². The van der Waals surface area contributed by atoms with E-state index in [1.54, 1.807) is 4.90 Å². The zero-order valence-corrected chi connectivity index (χ0v) is 13.0. The minimum atomic E-state index is -0.802. The Bertz CT molecular complexity index is 512. The Morgan fingerprint density at radius 3 is 2.68 bits per heavy atom. The highest BCUT2D eigenvalue weighted by Gasteiger charge is 2.27. The molecule has 1 aromatic carbocycles. The van der Waals surface area contributed by atoms with Crippen molar-refractivity contribution in [1.82, 2.24) is 4.90 Å². The van der Waals surface area contributed by atoms with Gasteiger partial charge in [0.1, 0.15) is 5.75 Å². The highest BCUT2D eigenvalue weighted by atomic mass is 16.5. The summed E-state index contributed by atoms with van der Waals surface area (Å²) >= 11 is 0. The molecule has 120 valence electrons. The number of ether oxygens (including phenoxy) is 1. The highest BCUT2D eigenvalue weighted by Crippen LogP contribution is 2.18. The molecule has 1 heterocycles. The summed E-state index contributed by atoms with van der Waals surface area (Å²) in [6.45, 7) is 3.59. The Balaban J connectivity index is 1.83. The van der Waals surface area contributed by atoms with Gasteiger partial charge in [0.25, 0.3) is 0 Å². The maximum Gasteiger partial charge on any atom is 0.308 e. The molecular weight excluding hydrogens is 282 g/mol. The van der Waals surface area contributed by atoms with Crippen LogP contribution in [0.2, 0.25) is 0 Å². The first-order valence-electron chi connectivity index (χ1n) is 7.82. The summed E-state index contributed by atoms with van der Waals surface area (Å²) in [6, 6.07) is 7.75. The summed E-state index contributed by atoms with van der Waals surface area (Å²) in [4.78, 5) is 24.9. The predicted molar refractivity (Wildman–Crippen MR) is 82.9 cm³/mol. The molecule has 1 aliphatic rings. The van der Waals surface area contributed by atoms with E-state index in [-0.39, 0.29) is 5.91 Å². The second-order valence-electron chi connectivity index (χ2n) is 5.59. The zero-order chi connectivity index (χ0) is 15.9. The second kappa shape index (κ2) is 7.82. The number of carbonyl (C=O) groups excluding carboxylic acids is 1. The van der Waals surface area contributed by atoms with Gasteiger partial charge in [0.2, 0.25) is 5.91 Å². The number of piperidine rings is 1. The van der Waals surface area contributed by atoms with Crippen molar-refractivity contribution < 1.29 is 19.4 Å². The summed E-state index contributed by atoms with van der Waals surface area (Å²) in [6.07, 6.45) is 2.52. The number of benzene rings is 1. The fraction of sp³-hybridized carbons (Fsp3) is 0.529. The Kier molecular flexibility index (Phi) is 5.81. The third-order valence-corrected chi connectivity index (χ3v) is 3.99. The van der Waals surface area contributed by atoms with Gasteiger partial charge in [-0.25, -0.2) is 0 Å². The summed E-state index contributed by atoms with van der Waals surface area (Å²) < 4.78 is 5.39. The molecule has 5 nitrogen and oxygen atoms in total. The normalized spacial score (nSPS) is 18.0. The van der Waals surface area contributed by atoms with Crippen LogP contribution in [-0.4, -0.2) is 41.6 Å². The Labute approximate surface area is 130 Å². The Morgan fingerprint density at radius 2 is 2.05 bits per heavy atom. The van der Waals surface area contributed by atoms with Crippen LogP contribution in [0.4, 0.5) is 0 Å². The number of likely N-dealkylation sites (tertiary alicyclic amines) is 1. The number of carboxylic acids is 1. The lowest BCUT2D eigenvalue weighted by Crippen LogP contribution is -2.42. The number of aryl methyl sites for hydroxylation is 1. The lowest BCUT2D eigenvalue weighted by atomic mass is 9.97. The molecule has 0 bridgehead atoms. The molecule has 2 rings (SSSR count). The van der Waals surface area contributed by atoms with E-state index in [1.165, 1.54) is 0 Å². The molecule has 0 spiro atoms. The van der Waals surface area contributed by atoms with Crippen LogP contribution in [0.1, 0.15) is 31.7 Å². The van der Waals surface area contributed by atoms with E-state index in [9.17, 15) is 9.59 Å². The Morgan fingerprint density at radius 1 is 1.32 bits per heavy atom. The van der Waals surface area contributed by atoms with E-state index in [0.717, 1.165) is 17.7 Å². The number of aliphatic carboxylic acids is 1. The SMILES string of the molecule is CCOc1ccc(CCC(=O)N2CCC[C@@H](C(=O)O)C2)cc1. The van der Waals surface area contributed by atoms with E-state index in [2.05, 4.69) is 0 Å². The number of hydrogen-bond donors (Lipinski definition) is 1. The molecule has 1 amide bonds. The molecule has 1 fully saturated rings. The van der Waals surface area contributed by atoms with Gasteiger partial charge in [0, 0.05) is 19.5 Å². The van der Waals surface area contributed by atoms with E-state index >= 15 is 0 Å². The largest absolute Gasteiger partial charge is 0.494 e. The van der Waals surface area contributed by atoms with Crippen molar-refractivity contribution >= 4 is 11.9 Å². The third kappa shape index (κ3) is 4.48. The summed E-state index contributed by atoms with van der Waals surface area (Å²) in [7, 11) is 0. The standard InChI is InChI=1S/C17H23NO4/c1-2-22-15-8-5-13(6-9-15)7-10-16(19)18-11-3-4-14(12-18)17(20)21/h5-6,8-9,14H,2-4,7,10-12H2,1H3,(H,20,21)/t14-/m1/s1. The number of carboxylic acid groups (broad SMARTS) is 1. The van der Waals surface area contributed by atoms with Crippen LogP contribution in [0.25, 0.3) is 0 Å². The first-order chi connectivity index (χ1) is 10.6. The van der Waals surface area contributed by atoms with Gasteiger partial charge in [0.05, 0.1) is 12.5 Å². The quantitative estimate of drug-likeness (QED) is 0.876. The minimum Gasteiger partial charge on any atom is -0.494 e. The minimum absolute atomic E-state index is 0.0415. The van der Waals surface area contributed by atoms with Crippen molar-refractivity contribution in [1.29, 1.82) is 0 Å². The fourth-order valence-corrected chi connectivity index (χ4v) is 2.73. The van der Waals surface area contributed by atoms with Crippen molar-refractivity contribution in [3.8, 4) is 5.75 Å².